The molecule has 0 saturated carbocycles. The van der Waals surface area contributed by atoms with Gasteiger partial charge >= 0.3 is 0 Å². The first kappa shape index (κ1) is 29.2. The molecule has 214 valence electrons. The normalized spacial score (nSPS) is 11.0. The molecule has 0 atom stereocenters. The van der Waals surface area contributed by atoms with Gasteiger partial charge in [-0.25, -0.2) is 0 Å². The Bertz CT molecular complexity index is 1450. The van der Waals surface area contributed by atoms with E-state index in [0.717, 1.165) is 35.6 Å². The maximum absolute atomic E-state index is 2.38. The highest BCUT2D eigenvalue weighted by molar-refractivity contribution is 5.83. The van der Waals surface area contributed by atoms with Gasteiger partial charge in [-0.3, -0.25) is 0 Å². The molecular formula is C40H44N2. The van der Waals surface area contributed by atoms with E-state index in [4.69, 9.17) is 0 Å². The molecule has 0 aliphatic carbocycles. The molecule has 5 rings (SSSR count). The van der Waals surface area contributed by atoms with Crippen LogP contribution < -0.4 is 9.80 Å². The summed E-state index contributed by atoms with van der Waals surface area (Å²) in [7, 11) is 0. The van der Waals surface area contributed by atoms with Gasteiger partial charge in [0.15, 0.2) is 0 Å². The first-order valence-corrected chi connectivity index (χ1v) is 15.6. The maximum atomic E-state index is 2.38. The van der Waals surface area contributed by atoms with Crippen LogP contribution in [0.2, 0.25) is 0 Å². The van der Waals surface area contributed by atoms with Crippen molar-refractivity contribution < 1.29 is 0 Å². The fraction of sp³-hybridized carbons (Fsp3) is 0.250. The summed E-state index contributed by atoms with van der Waals surface area (Å²) in [6.07, 6.45) is 7.11. The largest absolute Gasteiger partial charge is 0.310 e. The second kappa shape index (κ2) is 14.0. The smallest absolute Gasteiger partial charge is 0.0482 e. The average molecular weight is 553 g/mol. The van der Waals surface area contributed by atoms with Gasteiger partial charge in [-0.2, -0.15) is 0 Å². The van der Waals surface area contributed by atoms with Crippen molar-refractivity contribution >= 4 is 34.1 Å². The quantitative estimate of drug-likeness (QED) is 0.152. The molecule has 42 heavy (non-hydrogen) atoms. The van der Waals surface area contributed by atoms with Crippen molar-refractivity contribution in [2.75, 3.05) is 9.80 Å². The molecule has 0 heterocycles. The predicted octanol–water partition coefficient (Wildman–Crippen LogP) is 11.9. The second-order valence-corrected chi connectivity index (χ2v) is 11.4. The van der Waals surface area contributed by atoms with Crippen LogP contribution in [-0.4, -0.2) is 0 Å². The van der Waals surface area contributed by atoms with E-state index < -0.39 is 0 Å². The molecule has 0 radical (unpaired) electrons. The molecule has 0 fully saturated rings. The Labute approximate surface area is 253 Å². The lowest BCUT2D eigenvalue weighted by molar-refractivity contribution is 0.795. The molecule has 0 unspecified atom stereocenters. The Morgan fingerprint density at radius 1 is 0.405 bits per heavy atom. The van der Waals surface area contributed by atoms with Gasteiger partial charge in [-0.1, -0.05) is 81.3 Å². The molecule has 0 aliphatic heterocycles. The molecule has 2 heteroatoms. The first-order valence-electron chi connectivity index (χ1n) is 15.6. The summed E-state index contributed by atoms with van der Waals surface area (Å²) in [5, 5.41) is 0. The number of nitrogens with zero attached hydrogens (tertiary/aromatic N) is 2. The van der Waals surface area contributed by atoms with Gasteiger partial charge in [-0.15, -0.1) is 0 Å². The summed E-state index contributed by atoms with van der Waals surface area (Å²) < 4.78 is 0. The van der Waals surface area contributed by atoms with E-state index in [-0.39, 0.29) is 0 Å². The third kappa shape index (κ3) is 7.12. The van der Waals surface area contributed by atoms with E-state index in [1.54, 1.807) is 0 Å². The highest BCUT2D eigenvalue weighted by Crippen LogP contribution is 2.40. The monoisotopic (exact) mass is 552 g/mol. The van der Waals surface area contributed by atoms with Crippen molar-refractivity contribution in [1.29, 1.82) is 0 Å². The molecule has 0 N–H and O–H groups in total. The van der Waals surface area contributed by atoms with Gasteiger partial charge in [0.05, 0.1) is 0 Å². The molecule has 0 saturated heterocycles. The minimum absolute atomic E-state index is 1.12. The van der Waals surface area contributed by atoms with Gasteiger partial charge in [0, 0.05) is 34.1 Å². The Morgan fingerprint density at radius 3 is 1.12 bits per heavy atom. The van der Waals surface area contributed by atoms with E-state index >= 15 is 0 Å². The van der Waals surface area contributed by atoms with E-state index in [9.17, 15) is 0 Å². The van der Waals surface area contributed by atoms with Crippen LogP contribution in [0.4, 0.5) is 34.1 Å². The summed E-state index contributed by atoms with van der Waals surface area (Å²) in [4.78, 5) is 4.75. The fourth-order valence-electron chi connectivity index (χ4n) is 5.58. The summed E-state index contributed by atoms with van der Waals surface area (Å²) in [6.45, 7) is 8.83. The van der Waals surface area contributed by atoms with Crippen molar-refractivity contribution in [3.63, 3.8) is 0 Å². The molecule has 5 aromatic carbocycles. The molecule has 5 aromatic rings. The van der Waals surface area contributed by atoms with Crippen LogP contribution in [0.3, 0.4) is 0 Å². The van der Waals surface area contributed by atoms with Gasteiger partial charge in [0.25, 0.3) is 0 Å². The van der Waals surface area contributed by atoms with Gasteiger partial charge in [0.2, 0.25) is 0 Å². The third-order valence-corrected chi connectivity index (χ3v) is 7.89. The third-order valence-electron chi connectivity index (χ3n) is 7.89. The van der Waals surface area contributed by atoms with E-state index in [0.29, 0.717) is 0 Å². The van der Waals surface area contributed by atoms with Crippen LogP contribution in [0.5, 0.6) is 0 Å². The van der Waals surface area contributed by atoms with Gasteiger partial charge in [-0.05, 0) is 129 Å². The number of unbranched alkanes of at least 4 members (excludes halogenated alkanes) is 2. The van der Waals surface area contributed by atoms with Crippen LogP contribution in [-0.2, 0) is 12.8 Å². The van der Waals surface area contributed by atoms with Crippen LogP contribution >= 0.6 is 0 Å². The number of rotatable bonds is 12. The molecule has 2 nitrogen and oxygen atoms in total. The Morgan fingerprint density at radius 2 is 0.762 bits per heavy atom. The molecule has 0 aromatic heterocycles. The summed E-state index contributed by atoms with van der Waals surface area (Å²) in [5.41, 5.74) is 12.2. The number of anilines is 6. The van der Waals surface area contributed by atoms with Crippen LogP contribution in [0.15, 0.2) is 121 Å². The number of hydrogen-bond acceptors (Lipinski definition) is 2. The predicted molar refractivity (Wildman–Crippen MR) is 183 cm³/mol. The van der Waals surface area contributed by atoms with Gasteiger partial charge in [0.1, 0.15) is 0 Å². The number of benzene rings is 5. The minimum Gasteiger partial charge on any atom is -0.310 e. The lowest BCUT2D eigenvalue weighted by Crippen LogP contribution is -2.13. The van der Waals surface area contributed by atoms with Crippen LogP contribution in [0.1, 0.15) is 61.8 Å². The summed E-state index contributed by atoms with van der Waals surface area (Å²) in [6, 6.07) is 44.8. The SMILES string of the molecule is CCCCc1ccc(N(c2cccc(C)c2)c2cccc(N(c3ccc(CCCC)cc3)c3cccc(C)c3)c2)cc1. The van der Waals surface area contributed by atoms with E-state index in [1.165, 1.54) is 59.3 Å². The van der Waals surface area contributed by atoms with Crippen molar-refractivity contribution in [3.8, 4) is 0 Å². The Balaban J connectivity index is 1.59. The zero-order valence-corrected chi connectivity index (χ0v) is 25.7. The van der Waals surface area contributed by atoms with Crippen molar-refractivity contribution in [1.82, 2.24) is 0 Å². The minimum atomic E-state index is 1.12. The number of aryl methyl sites for hydroxylation is 4. The molecule has 0 spiro atoms. The van der Waals surface area contributed by atoms with Crippen molar-refractivity contribution in [3.05, 3.63) is 144 Å². The zero-order valence-electron chi connectivity index (χ0n) is 25.7. The average Bonchev–Trinajstić information content (AvgIpc) is 3.01. The Hall–Kier alpha value is -4.30. The van der Waals surface area contributed by atoms with Crippen molar-refractivity contribution in [2.24, 2.45) is 0 Å². The summed E-state index contributed by atoms with van der Waals surface area (Å²) >= 11 is 0. The first-order chi connectivity index (χ1) is 20.6. The standard InChI is InChI=1S/C40H44N2/c1-5-7-14-33-20-24-35(25-21-33)41(37-16-9-12-31(3)28-37)39-18-11-19-40(30-39)42(38-17-10-13-32(4)29-38)36-26-22-34(23-27-36)15-8-6-2/h9-13,16-30H,5-8,14-15H2,1-4H3. The lowest BCUT2D eigenvalue weighted by Gasteiger charge is -2.30. The second-order valence-electron chi connectivity index (χ2n) is 11.4. The fourth-order valence-corrected chi connectivity index (χ4v) is 5.58. The van der Waals surface area contributed by atoms with E-state index in [2.05, 4.69) is 159 Å². The molecule has 0 bridgehead atoms. The lowest BCUT2D eigenvalue weighted by atomic mass is 10.1. The van der Waals surface area contributed by atoms with Crippen LogP contribution in [0, 0.1) is 13.8 Å². The van der Waals surface area contributed by atoms with Gasteiger partial charge < -0.3 is 9.80 Å². The van der Waals surface area contributed by atoms with Crippen molar-refractivity contribution in [2.45, 2.75) is 66.2 Å². The topological polar surface area (TPSA) is 6.48 Å². The summed E-state index contributed by atoms with van der Waals surface area (Å²) in [5.74, 6) is 0. The highest BCUT2D eigenvalue weighted by Gasteiger charge is 2.17. The number of hydrogen-bond donors (Lipinski definition) is 0. The molecule has 0 aliphatic rings. The highest BCUT2D eigenvalue weighted by atomic mass is 15.2. The maximum Gasteiger partial charge on any atom is 0.0482 e. The van der Waals surface area contributed by atoms with E-state index in [1.807, 2.05) is 0 Å². The molecular weight excluding hydrogens is 508 g/mol. The molecule has 0 amide bonds. The Kier molecular flexibility index (Phi) is 9.77. The van der Waals surface area contributed by atoms with Crippen LogP contribution in [0.25, 0.3) is 0 Å². The zero-order chi connectivity index (χ0) is 29.3.